The highest BCUT2D eigenvalue weighted by atomic mass is 32.2. The van der Waals surface area contributed by atoms with Gasteiger partial charge in [0.05, 0.1) is 6.67 Å². The first-order valence-electron chi connectivity index (χ1n) is 9.17. The smallest absolute Gasteiger partial charge is 0.357 e. The summed E-state index contributed by atoms with van der Waals surface area (Å²) in [6.45, 7) is 4.45. The maximum absolute atomic E-state index is 12.5. The van der Waals surface area contributed by atoms with Gasteiger partial charge >= 0.3 is 5.51 Å². The van der Waals surface area contributed by atoms with Gasteiger partial charge in [-0.15, -0.1) is 0 Å². The zero-order valence-electron chi connectivity index (χ0n) is 15.7. The van der Waals surface area contributed by atoms with E-state index in [4.69, 9.17) is 0 Å². The normalized spacial score (nSPS) is 17.8. The van der Waals surface area contributed by atoms with Crippen LogP contribution in [0, 0.1) is 0 Å². The third-order valence-electron chi connectivity index (χ3n) is 4.85. The molecule has 0 spiro atoms. The Hall–Kier alpha value is -2.52. The van der Waals surface area contributed by atoms with E-state index in [1.54, 1.807) is 30.7 Å². The minimum atomic E-state index is -4.26. The van der Waals surface area contributed by atoms with E-state index in [2.05, 4.69) is 31.7 Å². The molecule has 9 heteroatoms. The van der Waals surface area contributed by atoms with Crippen molar-refractivity contribution in [1.29, 1.82) is 0 Å². The lowest BCUT2D eigenvalue weighted by Gasteiger charge is -2.21. The molecule has 0 aliphatic carbocycles. The lowest BCUT2D eigenvalue weighted by atomic mass is 10.2. The average Bonchev–Trinajstić information content (AvgIpc) is 3.32. The second kappa shape index (κ2) is 8.08. The van der Waals surface area contributed by atoms with Gasteiger partial charge in [-0.25, -0.2) is 4.98 Å². The summed E-state index contributed by atoms with van der Waals surface area (Å²) in [7, 11) is 0. The molecule has 29 heavy (non-hydrogen) atoms. The number of nitrogens with zero attached hydrogens (tertiary/aromatic N) is 4. The molecule has 4 rings (SSSR count). The van der Waals surface area contributed by atoms with Crippen molar-refractivity contribution in [2.45, 2.75) is 29.9 Å². The highest BCUT2D eigenvalue weighted by molar-refractivity contribution is 8.00. The van der Waals surface area contributed by atoms with E-state index in [1.165, 1.54) is 12.1 Å². The summed E-state index contributed by atoms with van der Waals surface area (Å²) >= 11 is -0.0875. The standard InChI is InChI=1S/C20H20F3N5S/c1-14-11-28(16-2-4-17(5-3-16)29-20(21,22)23)13-27(14)12-15-6-7-24-18(10-15)19-25-8-9-26-19/h2-10,14H,11-13H2,1H3,(H,25,26). The Balaban J connectivity index is 1.42. The van der Waals surface area contributed by atoms with Crippen LogP contribution in [0.2, 0.25) is 0 Å². The summed E-state index contributed by atoms with van der Waals surface area (Å²) in [6.07, 6.45) is 5.24. The predicted octanol–water partition coefficient (Wildman–Crippen LogP) is 4.75. The van der Waals surface area contributed by atoms with Crippen molar-refractivity contribution in [3.8, 4) is 11.5 Å². The van der Waals surface area contributed by atoms with Crippen molar-refractivity contribution < 1.29 is 13.2 Å². The molecule has 3 aromatic rings. The number of H-pyrrole nitrogens is 1. The minimum Gasteiger partial charge on any atom is -0.357 e. The van der Waals surface area contributed by atoms with Crippen LogP contribution in [0.5, 0.6) is 0 Å². The van der Waals surface area contributed by atoms with Gasteiger partial charge < -0.3 is 9.88 Å². The zero-order chi connectivity index (χ0) is 20.4. The third-order valence-corrected chi connectivity index (χ3v) is 5.59. The summed E-state index contributed by atoms with van der Waals surface area (Å²) in [5.41, 5.74) is -1.40. The zero-order valence-corrected chi connectivity index (χ0v) is 16.5. The lowest BCUT2D eigenvalue weighted by Crippen LogP contribution is -2.28. The van der Waals surface area contributed by atoms with Crippen LogP contribution in [-0.2, 0) is 6.54 Å². The minimum absolute atomic E-state index is 0.0875. The van der Waals surface area contributed by atoms with Gasteiger partial charge in [0.2, 0.25) is 0 Å². The van der Waals surface area contributed by atoms with E-state index in [-0.39, 0.29) is 16.7 Å². The van der Waals surface area contributed by atoms with Crippen LogP contribution >= 0.6 is 11.8 Å². The molecule has 1 unspecified atom stereocenters. The first-order valence-corrected chi connectivity index (χ1v) is 9.98. The largest absolute Gasteiger partial charge is 0.446 e. The maximum Gasteiger partial charge on any atom is 0.446 e. The number of benzene rings is 1. The molecule has 1 N–H and O–H groups in total. The van der Waals surface area contributed by atoms with Crippen molar-refractivity contribution in [3.05, 3.63) is 60.6 Å². The van der Waals surface area contributed by atoms with Crippen LogP contribution < -0.4 is 4.90 Å². The van der Waals surface area contributed by atoms with Crippen LogP contribution in [0.25, 0.3) is 11.5 Å². The molecule has 1 aromatic carbocycles. The molecule has 1 atom stereocenters. The number of aromatic amines is 1. The van der Waals surface area contributed by atoms with Gasteiger partial charge in [-0.05, 0) is 60.6 Å². The molecule has 0 saturated carbocycles. The summed E-state index contributed by atoms with van der Waals surface area (Å²) < 4.78 is 37.5. The van der Waals surface area contributed by atoms with E-state index in [1.807, 2.05) is 12.1 Å². The number of hydrogen-bond acceptors (Lipinski definition) is 5. The van der Waals surface area contributed by atoms with Crippen LogP contribution in [-0.4, -0.2) is 44.6 Å². The monoisotopic (exact) mass is 419 g/mol. The first-order chi connectivity index (χ1) is 13.9. The Morgan fingerprint density at radius 1 is 1.14 bits per heavy atom. The van der Waals surface area contributed by atoms with E-state index >= 15 is 0 Å². The van der Waals surface area contributed by atoms with Crippen LogP contribution in [0.1, 0.15) is 12.5 Å². The number of anilines is 1. The number of pyridine rings is 1. The molecule has 1 fully saturated rings. The summed E-state index contributed by atoms with van der Waals surface area (Å²) in [5, 5.41) is 0. The quantitative estimate of drug-likeness (QED) is 0.605. The van der Waals surface area contributed by atoms with Crippen molar-refractivity contribution in [2.24, 2.45) is 0 Å². The van der Waals surface area contributed by atoms with Crippen molar-refractivity contribution in [2.75, 3.05) is 18.1 Å². The topological polar surface area (TPSA) is 48.1 Å². The number of rotatable bonds is 5. The Morgan fingerprint density at radius 2 is 1.93 bits per heavy atom. The lowest BCUT2D eigenvalue weighted by molar-refractivity contribution is -0.0328. The molecule has 0 radical (unpaired) electrons. The average molecular weight is 419 g/mol. The Morgan fingerprint density at radius 3 is 2.62 bits per heavy atom. The third kappa shape index (κ3) is 4.91. The molecule has 0 amide bonds. The fraction of sp³-hybridized carbons (Fsp3) is 0.300. The Labute approximate surface area is 171 Å². The molecule has 1 aliphatic rings. The molecule has 152 valence electrons. The van der Waals surface area contributed by atoms with Gasteiger partial charge in [0.25, 0.3) is 0 Å². The molecule has 5 nitrogen and oxygen atoms in total. The van der Waals surface area contributed by atoms with Crippen LogP contribution in [0.4, 0.5) is 18.9 Å². The SMILES string of the molecule is CC1CN(c2ccc(SC(F)(F)F)cc2)CN1Cc1ccnc(-c2ncc[nH]2)c1. The number of nitrogens with one attached hydrogen (secondary N) is 1. The summed E-state index contributed by atoms with van der Waals surface area (Å²) in [6, 6.07) is 10.9. The predicted molar refractivity (Wildman–Crippen MR) is 107 cm³/mol. The van der Waals surface area contributed by atoms with Gasteiger partial charge in [-0.2, -0.15) is 13.2 Å². The maximum atomic E-state index is 12.5. The molecule has 1 saturated heterocycles. The number of thioether (sulfide) groups is 1. The Kier molecular flexibility index (Phi) is 5.51. The molecule has 1 aliphatic heterocycles. The highest BCUT2D eigenvalue weighted by Gasteiger charge is 2.30. The Bertz CT molecular complexity index is 944. The highest BCUT2D eigenvalue weighted by Crippen LogP contribution is 2.37. The van der Waals surface area contributed by atoms with Gasteiger partial charge in [0.1, 0.15) is 5.69 Å². The van der Waals surface area contributed by atoms with E-state index in [0.717, 1.165) is 35.9 Å². The van der Waals surface area contributed by atoms with Gasteiger partial charge in [-0.3, -0.25) is 9.88 Å². The van der Waals surface area contributed by atoms with E-state index < -0.39 is 5.51 Å². The fourth-order valence-corrected chi connectivity index (χ4v) is 3.98. The van der Waals surface area contributed by atoms with Gasteiger partial charge in [0, 0.05) is 48.3 Å². The molecule has 0 bridgehead atoms. The van der Waals surface area contributed by atoms with Crippen LogP contribution in [0.3, 0.4) is 0 Å². The second-order valence-electron chi connectivity index (χ2n) is 6.99. The van der Waals surface area contributed by atoms with E-state index in [9.17, 15) is 13.2 Å². The van der Waals surface area contributed by atoms with Gasteiger partial charge in [0.15, 0.2) is 5.82 Å². The number of imidazole rings is 1. The van der Waals surface area contributed by atoms with Crippen LogP contribution in [0.15, 0.2) is 59.9 Å². The number of hydrogen-bond donors (Lipinski definition) is 1. The van der Waals surface area contributed by atoms with Crippen molar-refractivity contribution in [3.63, 3.8) is 0 Å². The number of alkyl halides is 3. The second-order valence-corrected chi connectivity index (χ2v) is 8.13. The molecule has 3 heterocycles. The number of aromatic nitrogens is 3. The van der Waals surface area contributed by atoms with E-state index in [0.29, 0.717) is 12.7 Å². The fourth-order valence-electron chi connectivity index (χ4n) is 3.44. The molecule has 2 aromatic heterocycles. The van der Waals surface area contributed by atoms with Gasteiger partial charge in [-0.1, -0.05) is 0 Å². The van der Waals surface area contributed by atoms with Crippen molar-refractivity contribution >= 4 is 17.4 Å². The summed E-state index contributed by atoms with van der Waals surface area (Å²) in [4.78, 5) is 16.4. The molecular formula is C20H20F3N5S. The molecular weight excluding hydrogens is 399 g/mol. The first kappa shape index (κ1) is 19.8. The summed E-state index contributed by atoms with van der Waals surface area (Å²) in [5.74, 6) is 0.736. The number of halogens is 3. The van der Waals surface area contributed by atoms with Crippen molar-refractivity contribution in [1.82, 2.24) is 19.9 Å².